The fraction of sp³-hybridized carbons (Fsp3) is 0.562. The fourth-order valence-corrected chi connectivity index (χ4v) is 3.69. The van der Waals surface area contributed by atoms with Crippen molar-refractivity contribution < 1.29 is 9.84 Å². The van der Waals surface area contributed by atoms with E-state index in [2.05, 4.69) is 11.0 Å². The molecule has 106 valence electrons. The molecular weight excluding hydrogens is 252 g/mol. The number of likely N-dealkylation sites (tertiary alicyclic amines) is 1. The van der Waals surface area contributed by atoms with Gasteiger partial charge >= 0.3 is 0 Å². The lowest BCUT2D eigenvalue weighted by atomic mass is 9.62. The Morgan fingerprint density at radius 1 is 1.35 bits per heavy atom. The molecule has 0 aliphatic carbocycles. The molecule has 1 aromatic rings. The van der Waals surface area contributed by atoms with Crippen LogP contribution in [0, 0.1) is 11.3 Å². The largest absolute Gasteiger partial charge is 0.493 e. The number of para-hydroxylation sites is 1. The zero-order valence-corrected chi connectivity index (χ0v) is 11.8. The first-order valence-corrected chi connectivity index (χ1v) is 7.16. The van der Waals surface area contributed by atoms with E-state index in [0.717, 1.165) is 24.3 Å². The first-order chi connectivity index (χ1) is 9.61. The van der Waals surface area contributed by atoms with Crippen LogP contribution < -0.4 is 4.74 Å². The molecule has 4 nitrogen and oxygen atoms in total. The number of piperidine rings is 1. The van der Waals surface area contributed by atoms with Gasteiger partial charge in [0.2, 0.25) is 0 Å². The number of ether oxygens (including phenoxy) is 1. The summed E-state index contributed by atoms with van der Waals surface area (Å²) in [6.07, 6.45) is 2.13. The van der Waals surface area contributed by atoms with Crippen molar-refractivity contribution in [2.45, 2.75) is 30.3 Å². The molecule has 0 spiro atoms. The van der Waals surface area contributed by atoms with E-state index in [-0.39, 0.29) is 0 Å². The number of fused-ring (bicyclic) bond motifs is 1. The van der Waals surface area contributed by atoms with Crippen LogP contribution in [0.3, 0.4) is 0 Å². The van der Waals surface area contributed by atoms with Gasteiger partial charge in [-0.2, -0.15) is 5.26 Å². The summed E-state index contributed by atoms with van der Waals surface area (Å²) in [5, 5.41) is 21.2. The molecule has 0 aromatic heterocycles. The molecule has 20 heavy (non-hydrogen) atoms. The number of β-amino-alcohol motifs (C(OH)–C–C–N with tert-alkyl or cyclic N) is 1. The number of hydrogen-bond donors (Lipinski definition) is 1. The van der Waals surface area contributed by atoms with E-state index in [0.29, 0.717) is 26.0 Å². The predicted octanol–water partition coefficient (Wildman–Crippen LogP) is 1.69. The number of rotatable bonds is 1. The van der Waals surface area contributed by atoms with Crippen LogP contribution in [0.15, 0.2) is 24.3 Å². The second kappa shape index (κ2) is 4.76. The molecule has 2 aliphatic rings. The Morgan fingerprint density at radius 3 is 2.90 bits per heavy atom. The van der Waals surface area contributed by atoms with Gasteiger partial charge < -0.3 is 14.7 Å². The van der Waals surface area contributed by atoms with Gasteiger partial charge in [0.05, 0.1) is 12.7 Å². The van der Waals surface area contributed by atoms with E-state index in [9.17, 15) is 10.4 Å². The molecule has 1 fully saturated rings. The van der Waals surface area contributed by atoms with Crippen molar-refractivity contribution in [1.29, 1.82) is 5.26 Å². The Hall–Kier alpha value is -1.57. The smallest absolute Gasteiger partial charge is 0.124 e. The van der Waals surface area contributed by atoms with Crippen LogP contribution in [-0.2, 0) is 5.41 Å². The monoisotopic (exact) mass is 272 g/mol. The van der Waals surface area contributed by atoms with Gasteiger partial charge in [0.15, 0.2) is 0 Å². The molecule has 0 radical (unpaired) electrons. The molecule has 4 heteroatoms. The molecule has 0 bridgehead atoms. The Balaban J connectivity index is 2.11. The van der Waals surface area contributed by atoms with Crippen LogP contribution in [0.25, 0.3) is 0 Å². The normalized spacial score (nSPS) is 33.9. The molecular formula is C16H20N2O2. The zero-order chi connectivity index (χ0) is 14.2. The standard InChI is InChI=1S/C16H20N2O2/c1-18-9-4-7-16(19,12-18)15(11-17)8-10-20-14-6-3-2-5-13(14)15/h2-3,5-6,19H,4,7-10,12H2,1H3. The van der Waals surface area contributed by atoms with Gasteiger partial charge in [0, 0.05) is 18.5 Å². The molecule has 2 atom stereocenters. The molecule has 3 rings (SSSR count). The highest BCUT2D eigenvalue weighted by Gasteiger charge is 2.55. The summed E-state index contributed by atoms with van der Waals surface area (Å²) in [7, 11) is 2.00. The van der Waals surface area contributed by atoms with Crippen molar-refractivity contribution in [3.05, 3.63) is 29.8 Å². The summed E-state index contributed by atoms with van der Waals surface area (Å²) >= 11 is 0. The SMILES string of the molecule is CN1CCCC(O)(C2(C#N)CCOc3ccccc32)C1. The minimum Gasteiger partial charge on any atom is -0.493 e. The molecule has 1 N–H and O–H groups in total. The van der Waals surface area contributed by atoms with Gasteiger partial charge in [0.25, 0.3) is 0 Å². The second-order valence-corrected chi connectivity index (χ2v) is 5.98. The minimum absolute atomic E-state index is 0.483. The molecule has 0 saturated carbocycles. The van der Waals surface area contributed by atoms with E-state index in [1.807, 2.05) is 31.3 Å². The predicted molar refractivity (Wildman–Crippen MR) is 75.5 cm³/mol. The van der Waals surface area contributed by atoms with E-state index >= 15 is 0 Å². The van der Waals surface area contributed by atoms with E-state index in [1.54, 1.807) is 0 Å². The van der Waals surface area contributed by atoms with Crippen LogP contribution in [0.2, 0.25) is 0 Å². The van der Waals surface area contributed by atoms with Crippen molar-refractivity contribution in [3.63, 3.8) is 0 Å². The summed E-state index contributed by atoms with van der Waals surface area (Å²) in [5.74, 6) is 0.738. The van der Waals surface area contributed by atoms with Crippen molar-refractivity contribution >= 4 is 0 Å². The lowest BCUT2D eigenvalue weighted by Crippen LogP contribution is -2.60. The maximum absolute atomic E-state index is 11.2. The highest BCUT2D eigenvalue weighted by molar-refractivity contribution is 5.48. The molecule has 2 aliphatic heterocycles. The van der Waals surface area contributed by atoms with Crippen LogP contribution in [0.1, 0.15) is 24.8 Å². The van der Waals surface area contributed by atoms with Gasteiger partial charge in [-0.3, -0.25) is 0 Å². The third-order valence-corrected chi connectivity index (χ3v) is 4.73. The Bertz CT molecular complexity index is 554. The molecule has 2 heterocycles. The zero-order valence-electron chi connectivity index (χ0n) is 11.8. The minimum atomic E-state index is -1.01. The average Bonchev–Trinajstić information content (AvgIpc) is 2.46. The van der Waals surface area contributed by atoms with Crippen molar-refractivity contribution in [2.24, 2.45) is 0 Å². The van der Waals surface area contributed by atoms with E-state index in [4.69, 9.17) is 4.74 Å². The highest BCUT2D eigenvalue weighted by Crippen LogP contribution is 2.48. The summed E-state index contributed by atoms with van der Waals surface area (Å²) in [6, 6.07) is 10.1. The van der Waals surface area contributed by atoms with Crippen molar-refractivity contribution in [1.82, 2.24) is 4.90 Å². The lowest BCUT2D eigenvalue weighted by molar-refractivity contribution is -0.0778. The number of hydrogen-bond acceptors (Lipinski definition) is 4. The third-order valence-electron chi connectivity index (χ3n) is 4.73. The molecule has 2 unspecified atom stereocenters. The maximum Gasteiger partial charge on any atom is 0.124 e. The molecule has 0 amide bonds. The first kappa shape index (κ1) is 13.4. The first-order valence-electron chi connectivity index (χ1n) is 7.16. The van der Waals surface area contributed by atoms with Crippen molar-refractivity contribution in [2.75, 3.05) is 26.7 Å². The van der Waals surface area contributed by atoms with E-state index in [1.165, 1.54) is 0 Å². The number of nitrogens with zero attached hydrogens (tertiary/aromatic N) is 2. The second-order valence-electron chi connectivity index (χ2n) is 5.98. The van der Waals surface area contributed by atoms with Gasteiger partial charge in [-0.25, -0.2) is 0 Å². The number of aliphatic hydroxyl groups is 1. The van der Waals surface area contributed by atoms with Crippen LogP contribution >= 0.6 is 0 Å². The number of likely N-dealkylation sites (N-methyl/N-ethyl adjacent to an activating group) is 1. The topological polar surface area (TPSA) is 56.5 Å². The molecule has 1 aromatic carbocycles. The van der Waals surface area contributed by atoms with Crippen LogP contribution in [0.4, 0.5) is 0 Å². The number of nitriles is 1. The maximum atomic E-state index is 11.2. The third kappa shape index (κ3) is 1.81. The summed E-state index contributed by atoms with van der Waals surface area (Å²) in [6.45, 7) is 1.99. The van der Waals surface area contributed by atoms with Gasteiger partial charge in [-0.15, -0.1) is 0 Å². The Kier molecular flexibility index (Phi) is 3.19. The summed E-state index contributed by atoms with van der Waals surface area (Å²) < 4.78 is 5.67. The van der Waals surface area contributed by atoms with E-state index < -0.39 is 11.0 Å². The highest BCUT2D eigenvalue weighted by atomic mass is 16.5. The van der Waals surface area contributed by atoms with Gasteiger partial charge in [-0.05, 0) is 32.5 Å². The van der Waals surface area contributed by atoms with Crippen molar-refractivity contribution in [3.8, 4) is 11.8 Å². The van der Waals surface area contributed by atoms with Crippen LogP contribution in [0.5, 0.6) is 5.75 Å². The Labute approximate surface area is 119 Å². The summed E-state index contributed by atoms with van der Waals surface area (Å²) in [5.41, 5.74) is -1.03. The van der Waals surface area contributed by atoms with Gasteiger partial charge in [-0.1, -0.05) is 18.2 Å². The summed E-state index contributed by atoms with van der Waals surface area (Å²) in [4.78, 5) is 2.11. The van der Waals surface area contributed by atoms with Crippen LogP contribution in [-0.4, -0.2) is 42.4 Å². The van der Waals surface area contributed by atoms with Gasteiger partial charge in [0.1, 0.15) is 16.8 Å². The number of benzene rings is 1. The quantitative estimate of drug-likeness (QED) is 0.845. The fourth-order valence-electron chi connectivity index (χ4n) is 3.69. The lowest BCUT2D eigenvalue weighted by Gasteiger charge is -2.49. The Morgan fingerprint density at radius 2 is 2.15 bits per heavy atom. The average molecular weight is 272 g/mol. The molecule has 1 saturated heterocycles.